The zero-order valence-electron chi connectivity index (χ0n) is 12.7. The monoisotopic (exact) mass is 309 g/mol. The van der Waals surface area contributed by atoms with Gasteiger partial charge in [0.1, 0.15) is 11.6 Å². The molecule has 6 nitrogen and oxygen atoms in total. The van der Waals surface area contributed by atoms with E-state index in [9.17, 15) is 9.90 Å². The van der Waals surface area contributed by atoms with Crippen molar-refractivity contribution in [2.45, 2.75) is 0 Å². The highest BCUT2D eigenvalue weighted by Gasteiger charge is 2.15. The number of carboxylic acid groups (broad SMARTS) is 1. The number of hydrogen-bond acceptors (Lipinski definition) is 5. The fourth-order valence-corrected chi connectivity index (χ4v) is 2.37. The third kappa shape index (κ3) is 2.66. The number of aromatic nitrogens is 2. The molecule has 0 saturated heterocycles. The normalized spacial score (nSPS) is 10.7. The summed E-state index contributed by atoms with van der Waals surface area (Å²) in [5.74, 6) is 0.0822. The number of carboxylic acids is 1. The Bertz CT molecular complexity index is 907. The van der Waals surface area contributed by atoms with Crippen molar-refractivity contribution in [1.29, 1.82) is 0 Å². The Morgan fingerprint density at radius 3 is 2.48 bits per heavy atom. The molecule has 0 bridgehead atoms. The summed E-state index contributed by atoms with van der Waals surface area (Å²) in [5.41, 5.74) is 1.33. The topological polar surface area (TPSA) is 86.5 Å². The van der Waals surface area contributed by atoms with Crippen LogP contribution in [-0.2, 0) is 0 Å². The van der Waals surface area contributed by atoms with Crippen molar-refractivity contribution in [3.63, 3.8) is 0 Å². The molecule has 1 heterocycles. The van der Waals surface area contributed by atoms with E-state index >= 15 is 0 Å². The van der Waals surface area contributed by atoms with E-state index in [1.165, 1.54) is 6.07 Å². The summed E-state index contributed by atoms with van der Waals surface area (Å²) in [5, 5.41) is 19.8. The number of anilines is 1. The number of fused-ring (bicyclic) bond motifs is 1. The largest absolute Gasteiger partial charge is 0.507 e. The van der Waals surface area contributed by atoms with Crippen molar-refractivity contribution >= 4 is 22.7 Å². The van der Waals surface area contributed by atoms with Gasteiger partial charge in [0.25, 0.3) is 0 Å². The molecule has 23 heavy (non-hydrogen) atoms. The quantitative estimate of drug-likeness (QED) is 0.773. The first-order valence-corrected chi connectivity index (χ1v) is 6.98. The van der Waals surface area contributed by atoms with Crippen LogP contribution in [0.1, 0.15) is 10.4 Å². The highest BCUT2D eigenvalue weighted by molar-refractivity contribution is 5.98. The van der Waals surface area contributed by atoms with E-state index < -0.39 is 5.97 Å². The molecule has 0 spiro atoms. The number of phenols is 1. The lowest BCUT2D eigenvalue weighted by molar-refractivity contribution is 0.0697. The lowest BCUT2D eigenvalue weighted by Crippen LogP contribution is -2.12. The van der Waals surface area contributed by atoms with Crippen molar-refractivity contribution in [2.24, 2.45) is 0 Å². The van der Waals surface area contributed by atoms with Gasteiger partial charge in [-0.3, -0.25) is 0 Å². The molecule has 0 aliphatic carbocycles. The lowest BCUT2D eigenvalue weighted by Gasteiger charge is -2.16. The SMILES string of the molecule is CN(C)c1nc(-c2ccccc2O)nc2ccc(C(=O)O)cc12. The van der Waals surface area contributed by atoms with Gasteiger partial charge in [0.05, 0.1) is 16.6 Å². The first-order valence-electron chi connectivity index (χ1n) is 6.98. The van der Waals surface area contributed by atoms with Crippen LogP contribution in [0.4, 0.5) is 5.82 Å². The fourth-order valence-electron chi connectivity index (χ4n) is 2.37. The first kappa shape index (κ1) is 14.8. The van der Waals surface area contributed by atoms with E-state index in [1.54, 1.807) is 41.3 Å². The molecule has 6 heteroatoms. The molecular weight excluding hydrogens is 294 g/mol. The number of carbonyl (C=O) groups is 1. The van der Waals surface area contributed by atoms with Crippen LogP contribution in [0, 0.1) is 0 Å². The highest BCUT2D eigenvalue weighted by atomic mass is 16.4. The first-order chi connectivity index (χ1) is 11.0. The van der Waals surface area contributed by atoms with Gasteiger partial charge in [-0.2, -0.15) is 0 Å². The number of rotatable bonds is 3. The molecule has 116 valence electrons. The predicted octanol–water partition coefficient (Wildman–Crippen LogP) is 2.77. The molecule has 0 atom stereocenters. The summed E-state index contributed by atoms with van der Waals surface area (Å²) in [6, 6.07) is 11.6. The molecule has 0 radical (unpaired) electrons. The highest BCUT2D eigenvalue weighted by Crippen LogP contribution is 2.31. The van der Waals surface area contributed by atoms with Crippen molar-refractivity contribution in [3.8, 4) is 17.1 Å². The summed E-state index contributed by atoms with van der Waals surface area (Å²) in [6.45, 7) is 0. The standard InChI is InChI=1S/C17H15N3O3/c1-20(2)16-12-9-10(17(22)23)7-8-13(12)18-15(19-16)11-5-3-4-6-14(11)21/h3-9,21H,1-2H3,(H,22,23). The van der Waals surface area contributed by atoms with Crippen LogP contribution in [0.3, 0.4) is 0 Å². The van der Waals surface area contributed by atoms with Crippen LogP contribution in [0.2, 0.25) is 0 Å². The van der Waals surface area contributed by atoms with Gasteiger partial charge in [-0.25, -0.2) is 14.8 Å². The molecule has 1 aromatic heterocycles. The van der Waals surface area contributed by atoms with Gasteiger partial charge >= 0.3 is 5.97 Å². The fraction of sp³-hybridized carbons (Fsp3) is 0.118. The minimum atomic E-state index is -0.999. The molecule has 0 aliphatic rings. The van der Waals surface area contributed by atoms with Crippen molar-refractivity contribution in [3.05, 3.63) is 48.0 Å². The van der Waals surface area contributed by atoms with Gasteiger partial charge < -0.3 is 15.1 Å². The maximum Gasteiger partial charge on any atom is 0.335 e. The third-order valence-corrected chi connectivity index (χ3v) is 3.49. The van der Waals surface area contributed by atoms with Crippen LogP contribution in [0.15, 0.2) is 42.5 Å². The average molecular weight is 309 g/mol. The van der Waals surface area contributed by atoms with E-state index in [0.29, 0.717) is 28.1 Å². The zero-order chi connectivity index (χ0) is 16.6. The smallest absolute Gasteiger partial charge is 0.335 e. The van der Waals surface area contributed by atoms with E-state index in [0.717, 1.165) is 0 Å². The van der Waals surface area contributed by atoms with Gasteiger partial charge in [0.15, 0.2) is 5.82 Å². The second-order valence-corrected chi connectivity index (χ2v) is 5.32. The number of nitrogens with zero attached hydrogens (tertiary/aromatic N) is 3. The number of aromatic hydroxyl groups is 1. The van der Waals surface area contributed by atoms with Crippen LogP contribution in [0.25, 0.3) is 22.3 Å². The molecular formula is C17H15N3O3. The Morgan fingerprint density at radius 2 is 1.83 bits per heavy atom. The van der Waals surface area contributed by atoms with Crippen molar-refractivity contribution in [1.82, 2.24) is 9.97 Å². The van der Waals surface area contributed by atoms with Gasteiger partial charge in [-0.15, -0.1) is 0 Å². The lowest BCUT2D eigenvalue weighted by atomic mass is 10.1. The second-order valence-electron chi connectivity index (χ2n) is 5.32. The molecule has 3 aromatic rings. The van der Waals surface area contributed by atoms with Crippen LogP contribution >= 0.6 is 0 Å². The molecule has 2 N–H and O–H groups in total. The number of aromatic carboxylic acids is 1. The van der Waals surface area contributed by atoms with E-state index in [2.05, 4.69) is 9.97 Å². The molecule has 0 saturated carbocycles. The van der Waals surface area contributed by atoms with E-state index in [4.69, 9.17) is 5.11 Å². The summed E-state index contributed by atoms with van der Waals surface area (Å²) in [7, 11) is 3.65. The van der Waals surface area contributed by atoms with Crippen LogP contribution in [0.5, 0.6) is 5.75 Å². The molecule has 2 aromatic carbocycles. The van der Waals surface area contributed by atoms with Gasteiger partial charge in [-0.05, 0) is 30.3 Å². The predicted molar refractivity (Wildman–Crippen MR) is 87.9 cm³/mol. The summed E-state index contributed by atoms with van der Waals surface area (Å²) < 4.78 is 0. The Balaban J connectivity index is 2.30. The van der Waals surface area contributed by atoms with Gasteiger partial charge in [-0.1, -0.05) is 12.1 Å². The number of phenolic OH excluding ortho intramolecular Hbond substituents is 1. The Kier molecular flexibility index (Phi) is 3.57. The maximum atomic E-state index is 11.2. The Labute approximate surface area is 132 Å². The Hall–Kier alpha value is -3.15. The molecule has 0 fully saturated rings. The van der Waals surface area contributed by atoms with Gasteiger partial charge in [0, 0.05) is 19.5 Å². The van der Waals surface area contributed by atoms with E-state index in [-0.39, 0.29) is 11.3 Å². The maximum absolute atomic E-state index is 11.2. The molecule has 0 aliphatic heterocycles. The molecule has 0 amide bonds. The number of para-hydroxylation sites is 1. The van der Waals surface area contributed by atoms with Crippen LogP contribution in [-0.4, -0.2) is 40.2 Å². The minimum absolute atomic E-state index is 0.0960. The Morgan fingerprint density at radius 1 is 1.09 bits per heavy atom. The van der Waals surface area contributed by atoms with Crippen LogP contribution < -0.4 is 4.90 Å². The zero-order valence-corrected chi connectivity index (χ0v) is 12.7. The average Bonchev–Trinajstić information content (AvgIpc) is 2.53. The van der Waals surface area contributed by atoms with Crippen molar-refractivity contribution in [2.75, 3.05) is 19.0 Å². The third-order valence-electron chi connectivity index (χ3n) is 3.49. The van der Waals surface area contributed by atoms with E-state index in [1.807, 2.05) is 14.1 Å². The second kappa shape index (κ2) is 5.57. The molecule has 3 rings (SSSR count). The number of hydrogen-bond donors (Lipinski definition) is 2. The summed E-state index contributed by atoms with van der Waals surface area (Å²) >= 11 is 0. The minimum Gasteiger partial charge on any atom is -0.507 e. The van der Waals surface area contributed by atoms with Gasteiger partial charge in [0.2, 0.25) is 0 Å². The summed E-state index contributed by atoms with van der Waals surface area (Å²) in [4.78, 5) is 21.9. The molecule has 0 unspecified atom stereocenters. The number of benzene rings is 2. The summed E-state index contributed by atoms with van der Waals surface area (Å²) in [6.07, 6.45) is 0. The van der Waals surface area contributed by atoms with Crippen molar-refractivity contribution < 1.29 is 15.0 Å².